The normalized spacial score (nSPS) is 17.8. The van der Waals surface area contributed by atoms with Gasteiger partial charge >= 0.3 is 0 Å². The van der Waals surface area contributed by atoms with Gasteiger partial charge in [0.05, 0.1) is 36.1 Å². The van der Waals surface area contributed by atoms with Crippen LogP contribution in [0, 0.1) is 11.6 Å². The molecular formula is C36H36F2N6O3S. The first-order valence-electron chi connectivity index (χ1n) is 15.9. The molecule has 0 aliphatic carbocycles. The average molecular weight is 671 g/mol. The van der Waals surface area contributed by atoms with E-state index in [4.69, 9.17) is 24.5 Å². The third-order valence-corrected chi connectivity index (χ3v) is 10.3. The lowest BCUT2D eigenvalue weighted by molar-refractivity contribution is -0.129. The Morgan fingerprint density at radius 3 is 2.75 bits per heavy atom. The molecule has 0 fully saturated rings. The zero-order valence-corrected chi connectivity index (χ0v) is 28.1. The van der Waals surface area contributed by atoms with Crippen molar-refractivity contribution in [2.75, 3.05) is 33.9 Å². The second-order valence-electron chi connectivity index (χ2n) is 12.3. The SMILES string of the molecule is C=CC(=O)N1CCn2nc(-c3nc(-c4cnc5c(c4)CN(C)[C@@H](C)C5)c4ccsc4c3-c3c(F)cc(F)cc3OCCOC)cc2[C@H]1C. The number of hydrogen-bond acceptors (Lipinski definition) is 8. The van der Waals surface area contributed by atoms with Gasteiger partial charge in [-0.25, -0.2) is 13.8 Å². The molecule has 12 heteroatoms. The van der Waals surface area contributed by atoms with Crippen LogP contribution in [0.5, 0.6) is 5.75 Å². The number of nitrogens with zero attached hydrogens (tertiary/aromatic N) is 6. The quantitative estimate of drug-likeness (QED) is 0.135. The number of aromatic nitrogens is 4. The number of fused-ring (bicyclic) bond motifs is 3. The fourth-order valence-corrected chi connectivity index (χ4v) is 7.64. The molecule has 0 N–H and O–H groups in total. The molecule has 1 aromatic carbocycles. The fraction of sp³-hybridized carbons (Fsp3) is 0.333. The predicted molar refractivity (Wildman–Crippen MR) is 182 cm³/mol. The third-order valence-electron chi connectivity index (χ3n) is 9.38. The molecule has 0 saturated carbocycles. The Balaban J connectivity index is 1.47. The molecule has 0 unspecified atom stereocenters. The zero-order chi connectivity index (χ0) is 33.7. The minimum atomic E-state index is -0.777. The standard InChI is InChI=1S/C36H36F2N6O3S/c1-6-31(45)43-8-9-44-29(21(43)3)17-28(41-44)35-33(32-26(38)15-24(37)16-30(32)47-11-10-46-5)36-25(7-12-48-36)34(40-35)22-14-23-19-42(4)20(2)13-27(23)39-18-22/h6-7,12,14-18,20-21H,1,8-11,13,19H2,2-5H3/t20-,21+/m0/s1. The summed E-state index contributed by atoms with van der Waals surface area (Å²) in [5, 5.41) is 7.71. The number of rotatable bonds is 8. The summed E-state index contributed by atoms with van der Waals surface area (Å²) in [6.07, 6.45) is 4.03. The molecule has 2 aliphatic rings. The summed E-state index contributed by atoms with van der Waals surface area (Å²) < 4.78 is 44.5. The molecule has 2 aliphatic heterocycles. The molecule has 0 bridgehead atoms. The molecule has 1 amide bonds. The Morgan fingerprint density at radius 1 is 1.12 bits per heavy atom. The van der Waals surface area contributed by atoms with Gasteiger partial charge in [0, 0.05) is 77.9 Å². The zero-order valence-electron chi connectivity index (χ0n) is 27.3. The van der Waals surface area contributed by atoms with Crippen LogP contribution >= 0.6 is 11.3 Å². The number of thiophene rings is 1. The summed E-state index contributed by atoms with van der Waals surface area (Å²) in [4.78, 5) is 26.8. The van der Waals surface area contributed by atoms with Gasteiger partial charge in [-0.15, -0.1) is 11.3 Å². The maximum Gasteiger partial charge on any atom is 0.246 e. The Bertz CT molecular complexity index is 2060. The minimum absolute atomic E-state index is 0.0442. The molecule has 9 nitrogen and oxygen atoms in total. The van der Waals surface area contributed by atoms with E-state index in [0.717, 1.165) is 51.6 Å². The van der Waals surface area contributed by atoms with Crippen LogP contribution in [0.3, 0.4) is 0 Å². The number of halogens is 2. The molecule has 4 aromatic heterocycles. The van der Waals surface area contributed by atoms with Crippen LogP contribution in [0.2, 0.25) is 0 Å². The summed E-state index contributed by atoms with van der Waals surface area (Å²) >= 11 is 1.44. The largest absolute Gasteiger partial charge is 0.490 e. The molecule has 7 rings (SSSR count). The highest BCUT2D eigenvalue weighted by atomic mass is 32.1. The van der Waals surface area contributed by atoms with Crippen LogP contribution in [0.4, 0.5) is 8.78 Å². The van der Waals surface area contributed by atoms with E-state index in [0.29, 0.717) is 41.8 Å². The number of benzene rings is 1. The highest BCUT2D eigenvalue weighted by Gasteiger charge is 2.32. The van der Waals surface area contributed by atoms with Gasteiger partial charge in [-0.3, -0.25) is 19.4 Å². The molecular weight excluding hydrogens is 634 g/mol. The number of pyridine rings is 2. The van der Waals surface area contributed by atoms with E-state index < -0.39 is 11.6 Å². The smallest absolute Gasteiger partial charge is 0.246 e. The van der Waals surface area contributed by atoms with Crippen LogP contribution in [-0.2, 0) is 29.0 Å². The molecule has 0 saturated heterocycles. The summed E-state index contributed by atoms with van der Waals surface area (Å²) in [6, 6.07) is 8.17. The summed E-state index contributed by atoms with van der Waals surface area (Å²) in [6.45, 7) is 9.83. The van der Waals surface area contributed by atoms with Gasteiger partial charge in [0.15, 0.2) is 0 Å². The Kier molecular flexibility index (Phi) is 8.57. The highest BCUT2D eigenvalue weighted by molar-refractivity contribution is 7.18. The van der Waals surface area contributed by atoms with Crippen molar-refractivity contribution in [3.63, 3.8) is 0 Å². The number of methoxy groups -OCH3 is 1. The van der Waals surface area contributed by atoms with Gasteiger partial charge in [-0.2, -0.15) is 5.10 Å². The topological polar surface area (TPSA) is 85.6 Å². The van der Waals surface area contributed by atoms with Crippen molar-refractivity contribution in [1.29, 1.82) is 0 Å². The van der Waals surface area contributed by atoms with Crippen molar-refractivity contribution in [2.24, 2.45) is 0 Å². The van der Waals surface area contributed by atoms with E-state index in [1.807, 2.05) is 35.3 Å². The lowest BCUT2D eigenvalue weighted by atomic mass is 9.95. The minimum Gasteiger partial charge on any atom is -0.490 e. The van der Waals surface area contributed by atoms with E-state index in [-0.39, 0.29) is 36.5 Å². The average Bonchev–Trinajstić information content (AvgIpc) is 3.73. The molecule has 48 heavy (non-hydrogen) atoms. The third kappa shape index (κ3) is 5.57. The summed E-state index contributed by atoms with van der Waals surface area (Å²) in [7, 11) is 3.64. The van der Waals surface area contributed by atoms with Crippen molar-refractivity contribution < 1.29 is 23.0 Å². The van der Waals surface area contributed by atoms with Crippen molar-refractivity contribution in [3.8, 4) is 39.5 Å². The van der Waals surface area contributed by atoms with Crippen molar-refractivity contribution in [1.82, 2.24) is 29.5 Å². The maximum absolute atomic E-state index is 16.1. The van der Waals surface area contributed by atoms with E-state index in [2.05, 4.69) is 31.5 Å². The van der Waals surface area contributed by atoms with Crippen LogP contribution < -0.4 is 4.74 Å². The first-order valence-corrected chi connectivity index (χ1v) is 16.8. The molecule has 0 radical (unpaired) electrons. The second-order valence-corrected chi connectivity index (χ2v) is 13.3. The van der Waals surface area contributed by atoms with Gasteiger partial charge in [-0.05, 0) is 56.1 Å². The van der Waals surface area contributed by atoms with E-state index in [1.165, 1.54) is 30.6 Å². The Morgan fingerprint density at radius 2 is 1.96 bits per heavy atom. The molecule has 2 atom stereocenters. The van der Waals surface area contributed by atoms with Crippen LogP contribution in [0.25, 0.3) is 43.9 Å². The van der Waals surface area contributed by atoms with Crippen LogP contribution in [0.15, 0.2) is 54.6 Å². The summed E-state index contributed by atoms with van der Waals surface area (Å²) in [5.41, 5.74) is 6.02. The number of hydrogen-bond donors (Lipinski definition) is 0. The van der Waals surface area contributed by atoms with E-state index in [9.17, 15) is 9.18 Å². The molecule has 5 aromatic rings. The number of amides is 1. The summed E-state index contributed by atoms with van der Waals surface area (Å²) in [5.74, 6) is -1.65. The van der Waals surface area contributed by atoms with Crippen molar-refractivity contribution >= 4 is 27.3 Å². The first-order chi connectivity index (χ1) is 23.2. The van der Waals surface area contributed by atoms with E-state index in [1.54, 1.807) is 4.90 Å². The predicted octanol–water partition coefficient (Wildman–Crippen LogP) is 6.66. The molecule has 0 spiro atoms. The van der Waals surface area contributed by atoms with Crippen molar-refractivity contribution in [3.05, 3.63) is 83.1 Å². The lowest BCUT2D eigenvalue weighted by Gasteiger charge is -2.33. The van der Waals surface area contributed by atoms with E-state index >= 15 is 4.39 Å². The van der Waals surface area contributed by atoms with Crippen LogP contribution in [0.1, 0.15) is 36.8 Å². The number of carbonyl (C=O) groups excluding carboxylic acids is 1. The van der Waals surface area contributed by atoms with Gasteiger partial charge in [-0.1, -0.05) is 6.58 Å². The molecule has 6 heterocycles. The fourth-order valence-electron chi connectivity index (χ4n) is 6.69. The molecule has 248 valence electrons. The number of carbonyl (C=O) groups is 1. The van der Waals surface area contributed by atoms with Gasteiger partial charge in [0.1, 0.15) is 35.4 Å². The Labute approximate surface area is 281 Å². The second kappa shape index (κ2) is 12.8. The monoisotopic (exact) mass is 670 g/mol. The Hall–Kier alpha value is -4.52. The first kappa shape index (κ1) is 32.0. The maximum atomic E-state index is 16.1. The van der Waals surface area contributed by atoms with Gasteiger partial charge in [0.25, 0.3) is 0 Å². The van der Waals surface area contributed by atoms with Gasteiger partial charge in [0.2, 0.25) is 5.91 Å². The number of ether oxygens (including phenoxy) is 2. The van der Waals surface area contributed by atoms with Crippen molar-refractivity contribution in [2.45, 2.75) is 45.4 Å². The van der Waals surface area contributed by atoms with Crippen LogP contribution in [-0.4, -0.2) is 75.4 Å². The lowest BCUT2D eigenvalue weighted by Crippen LogP contribution is -2.40. The highest BCUT2D eigenvalue weighted by Crippen LogP contribution is 2.47. The van der Waals surface area contributed by atoms with Gasteiger partial charge < -0.3 is 14.4 Å². The number of likely N-dealkylation sites (N-methyl/N-ethyl adjacent to an activating group) is 1.